The molecule has 0 radical (unpaired) electrons. The van der Waals surface area contributed by atoms with Crippen molar-refractivity contribution in [3.05, 3.63) is 29.3 Å². The first kappa shape index (κ1) is 16.0. The summed E-state index contributed by atoms with van der Waals surface area (Å²) in [4.78, 5) is 0. The van der Waals surface area contributed by atoms with Gasteiger partial charge in [-0.15, -0.1) is 0 Å². The molecule has 19 heavy (non-hydrogen) atoms. The Morgan fingerprint density at radius 2 is 1.84 bits per heavy atom. The summed E-state index contributed by atoms with van der Waals surface area (Å²) in [6.45, 7) is 3.80. The van der Waals surface area contributed by atoms with Crippen molar-refractivity contribution in [2.75, 3.05) is 21.3 Å². The average molecular weight is 268 g/mol. The fourth-order valence-corrected chi connectivity index (χ4v) is 2.15. The van der Waals surface area contributed by atoms with E-state index in [1.54, 1.807) is 28.3 Å². The zero-order chi connectivity index (χ0) is 14.5. The van der Waals surface area contributed by atoms with Crippen molar-refractivity contribution in [2.45, 2.75) is 38.6 Å². The van der Waals surface area contributed by atoms with E-state index < -0.39 is 11.9 Å². The molecule has 1 N–H and O–H groups in total. The third kappa shape index (κ3) is 4.82. The molecule has 0 fully saturated rings. The predicted octanol–water partition coefficient (Wildman–Crippen LogP) is 2.31. The third-order valence-corrected chi connectivity index (χ3v) is 3.14. The van der Waals surface area contributed by atoms with Crippen molar-refractivity contribution < 1.29 is 19.3 Å². The van der Waals surface area contributed by atoms with Gasteiger partial charge in [0.2, 0.25) is 0 Å². The first-order chi connectivity index (χ1) is 8.91. The van der Waals surface area contributed by atoms with E-state index in [-0.39, 0.29) is 0 Å². The summed E-state index contributed by atoms with van der Waals surface area (Å²) >= 11 is 0. The van der Waals surface area contributed by atoms with Crippen LogP contribution in [-0.2, 0) is 15.9 Å². The molecule has 0 aromatic heterocycles. The highest BCUT2D eigenvalue weighted by Gasteiger charge is 2.27. The number of aliphatic hydroxyl groups is 1. The quantitative estimate of drug-likeness (QED) is 0.771. The van der Waals surface area contributed by atoms with Crippen LogP contribution in [0.25, 0.3) is 0 Å². The Hall–Kier alpha value is -1.10. The molecule has 1 rings (SSSR count). The van der Waals surface area contributed by atoms with Crippen LogP contribution in [0.15, 0.2) is 18.2 Å². The highest BCUT2D eigenvalue weighted by molar-refractivity contribution is 5.37. The van der Waals surface area contributed by atoms with Gasteiger partial charge in [0.1, 0.15) is 5.75 Å². The van der Waals surface area contributed by atoms with Crippen LogP contribution < -0.4 is 4.74 Å². The van der Waals surface area contributed by atoms with Gasteiger partial charge in [0.25, 0.3) is 0 Å². The second-order valence-corrected chi connectivity index (χ2v) is 5.09. The SMILES string of the molecule is COc1ccc(C)cc1CC(C)(O)CC(OC)OC. The van der Waals surface area contributed by atoms with Crippen LogP contribution in [0.4, 0.5) is 0 Å². The molecule has 0 spiro atoms. The van der Waals surface area contributed by atoms with E-state index >= 15 is 0 Å². The number of ether oxygens (including phenoxy) is 3. The Labute approximate surface area is 115 Å². The number of methoxy groups -OCH3 is 3. The number of benzene rings is 1. The molecule has 0 aliphatic rings. The minimum atomic E-state index is -0.919. The maximum Gasteiger partial charge on any atom is 0.159 e. The van der Waals surface area contributed by atoms with Crippen molar-refractivity contribution in [3.63, 3.8) is 0 Å². The van der Waals surface area contributed by atoms with Gasteiger partial charge in [0, 0.05) is 27.1 Å². The van der Waals surface area contributed by atoms with Crippen molar-refractivity contribution in [1.82, 2.24) is 0 Å². The maximum atomic E-state index is 10.5. The van der Waals surface area contributed by atoms with Gasteiger partial charge in [-0.25, -0.2) is 0 Å². The van der Waals surface area contributed by atoms with Gasteiger partial charge in [-0.2, -0.15) is 0 Å². The van der Waals surface area contributed by atoms with Crippen LogP contribution >= 0.6 is 0 Å². The Bertz CT molecular complexity index is 397. The van der Waals surface area contributed by atoms with E-state index in [1.807, 2.05) is 25.1 Å². The van der Waals surface area contributed by atoms with Crippen LogP contribution in [0.1, 0.15) is 24.5 Å². The van der Waals surface area contributed by atoms with Crippen molar-refractivity contribution in [3.8, 4) is 5.75 Å². The molecule has 4 heteroatoms. The number of hydrogen-bond donors (Lipinski definition) is 1. The van der Waals surface area contributed by atoms with Gasteiger partial charge in [0.15, 0.2) is 6.29 Å². The summed E-state index contributed by atoms with van der Waals surface area (Å²) < 4.78 is 15.6. The van der Waals surface area contributed by atoms with Gasteiger partial charge in [-0.1, -0.05) is 17.7 Å². The van der Waals surface area contributed by atoms with Gasteiger partial charge in [0.05, 0.1) is 12.7 Å². The molecule has 0 amide bonds. The molecule has 1 unspecified atom stereocenters. The van der Waals surface area contributed by atoms with Gasteiger partial charge >= 0.3 is 0 Å². The van der Waals surface area contributed by atoms with Crippen LogP contribution in [0, 0.1) is 6.92 Å². The summed E-state index contributed by atoms with van der Waals surface area (Å²) in [5, 5.41) is 10.5. The summed E-state index contributed by atoms with van der Waals surface area (Å²) in [5.41, 5.74) is 1.21. The molecule has 1 atom stereocenters. The lowest BCUT2D eigenvalue weighted by molar-refractivity contribution is -0.139. The van der Waals surface area contributed by atoms with Gasteiger partial charge in [-0.05, 0) is 25.5 Å². The summed E-state index contributed by atoms with van der Waals surface area (Å²) in [6, 6.07) is 5.94. The normalized spacial score (nSPS) is 14.5. The van der Waals surface area contributed by atoms with Gasteiger partial charge < -0.3 is 19.3 Å². The monoisotopic (exact) mass is 268 g/mol. The Morgan fingerprint density at radius 1 is 1.21 bits per heavy atom. The molecule has 0 aliphatic heterocycles. The maximum absolute atomic E-state index is 10.5. The van der Waals surface area contributed by atoms with E-state index in [1.165, 1.54) is 0 Å². The highest BCUT2D eigenvalue weighted by Crippen LogP contribution is 2.27. The van der Waals surface area contributed by atoms with E-state index in [9.17, 15) is 5.11 Å². The van der Waals surface area contributed by atoms with Crippen molar-refractivity contribution in [2.24, 2.45) is 0 Å². The molecule has 0 aliphatic carbocycles. The topological polar surface area (TPSA) is 47.9 Å². The molecule has 0 saturated carbocycles. The molecule has 1 aromatic rings. The molecule has 0 heterocycles. The molecule has 1 aromatic carbocycles. The second kappa shape index (κ2) is 6.89. The number of aryl methyl sites for hydroxylation is 1. The summed E-state index contributed by atoms with van der Waals surface area (Å²) in [5.74, 6) is 0.789. The van der Waals surface area contributed by atoms with Gasteiger partial charge in [-0.3, -0.25) is 0 Å². The fraction of sp³-hybridized carbons (Fsp3) is 0.600. The second-order valence-electron chi connectivity index (χ2n) is 5.09. The van der Waals surface area contributed by atoms with Crippen LogP contribution in [-0.4, -0.2) is 38.3 Å². The Morgan fingerprint density at radius 3 is 2.37 bits per heavy atom. The molecular formula is C15H24O4. The van der Waals surface area contributed by atoms with E-state index in [2.05, 4.69) is 0 Å². The minimum Gasteiger partial charge on any atom is -0.496 e. The third-order valence-electron chi connectivity index (χ3n) is 3.14. The van der Waals surface area contributed by atoms with E-state index in [4.69, 9.17) is 14.2 Å². The lowest BCUT2D eigenvalue weighted by Crippen LogP contribution is -2.34. The molecule has 0 saturated heterocycles. The molecule has 0 bridgehead atoms. The highest BCUT2D eigenvalue weighted by atomic mass is 16.7. The molecule has 108 valence electrons. The predicted molar refractivity (Wildman–Crippen MR) is 74.5 cm³/mol. The summed E-state index contributed by atoms with van der Waals surface area (Å²) in [7, 11) is 4.77. The van der Waals surface area contributed by atoms with E-state index in [0.29, 0.717) is 12.8 Å². The summed E-state index contributed by atoms with van der Waals surface area (Å²) in [6.07, 6.45) is 0.476. The lowest BCUT2D eigenvalue weighted by atomic mass is 9.91. The number of hydrogen-bond acceptors (Lipinski definition) is 4. The molecular weight excluding hydrogens is 244 g/mol. The van der Waals surface area contributed by atoms with Crippen molar-refractivity contribution >= 4 is 0 Å². The van der Waals surface area contributed by atoms with Crippen LogP contribution in [0.2, 0.25) is 0 Å². The Kier molecular flexibility index (Phi) is 5.79. The standard InChI is InChI=1S/C15H24O4/c1-11-6-7-13(17-3)12(8-11)9-15(2,16)10-14(18-4)19-5/h6-8,14,16H,9-10H2,1-5H3. The minimum absolute atomic E-state index is 0.400. The van der Waals surface area contributed by atoms with Crippen molar-refractivity contribution in [1.29, 1.82) is 0 Å². The fourth-order valence-electron chi connectivity index (χ4n) is 2.15. The Balaban J connectivity index is 2.84. The lowest BCUT2D eigenvalue weighted by Gasteiger charge is -2.28. The number of rotatable bonds is 7. The zero-order valence-electron chi connectivity index (χ0n) is 12.4. The zero-order valence-corrected chi connectivity index (χ0v) is 12.4. The smallest absolute Gasteiger partial charge is 0.159 e. The van der Waals surface area contributed by atoms with E-state index in [0.717, 1.165) is 16.9 Å². The van der Waals surface area contributed by atoms with Crippen LogP contribution in [0.5, 0.6) is 5.75 Å². The first-order valence-corrected chi connectivity index (χ1v) is 6.33. The largest absolute Gasteiger partial charge is 0.496 e. The molecule has 4 nitrogen and oxygen atoms in total. The van der Waals surface area contributed by atoms with Crippen LogP contribution in [0.3, 0.4) is 0 Å². The first-order valence-electron chi connectivity index (χ1n) is 6.33. The average Bonchev–Trinajstić information content (AvgIpc) is 2.35.